The van der Waals surface area contributed by atoms with Gasteiger partial charge < -0.3 is 13.6 Å². The van der Waals surface area contributed by atoms with Crippen molar-refractivity contribution in [3.8, 4) is 17.1 Å². The van der Waals surface area contributed by atoms with Crippen LogP contribution < -0.4 is 10.2 Å². The fourth-order valence-corrected chi connectivity index (χ4v) is 3.72. The summed E-state index contributed by atoms with van der Waals surface area (Å²) in [6.07, 6.45) is 0. The van der Waals surface area contributed by atoms with Gasteiger partial charge in [0.2, 0.25) is 5.43 Å². The second kappa shape index (κ2) is 6.60. The third-order valence-electron chi connectivity index (χ3n) is 4.69. The molecule has 0 amide bonds. The van der Waals surface area contributed by atoms with E-state index in [-0.39, 0.29) is 27.5 Å². The SMILES string of the molecule is O=c1c(Cl)c(-c2ccc(OC(F)F)c3oc4ccccc4c23)oc2ccccc12. The molecule has 7 heteroatoms. The number of halogens is 3. The Bertz CT molecular complexity index is 1450. The Morgan fingerprint density at radius 1 is 0.862 bits per heavy atom. The minimum atomic E-state index is -3.01. The lowest BCUT2D eigenvalue weighted by molar-refractivity contribution is -0.0493. The van der Waals surface area contributed by atoms with Crippen molar-refractivity contribution in [3.63, 3.8) is 0 Å². The van der Waals surface area contributed by atoms with Gasteiger partial charge in [0.25, 0.3) is 0 Å². The summed E-state index contributed by atoms with van der Waals surface area (Å²) >= 11 is 6.36. The fraction of sp³-hybridized carbons (Fsp3) is 0.0455. The first-order valence-corrected chi connectivity index (χ1v) is 9.03. The Kier molecular flexibility index (Phi) is 4.03. The zero-order valence-electron chi connectivity index (χ0n) is 14.6. The second-order valence-corrected chi connectivity index (χ2v) is 6.74. The van der Waals surface area contributed by atoms with Crippen LogP contribution in [0.25, 0.3) is 44.2 Å². The van der Waals surface area contributed by atoms with Crippen molar-refractivity contribution in [3.05, 3.63) is 75.9 Å². The average Bonchev–Trinajstić information content (AvgIpc) is 3.11. The normalized spacial score (nSPS) is 11.7. The molecule has 0 saturated heterocycles. The molecule has 3 aromatic carbocycles. The number of para-hydroxylation sites is 2. The predicted molar refractivity (Wildman–Crippen MR) is 107 cm³/mol. The van der Waals surface area contributed by atoms with E-state index in [2.05, 4.69) is 4.74 Å². The Balaban J connectivity index is 1.90. The summed E-state index contributed by atoms with van der Waals surface area (Å²) in [5.41, 5.74) is 1.03. The van der Waals surface area contributed by atoms with Gasteiger partial charge in [-0.3, -0.25) is 4.79 Å². The molecule has 4 nitrogen and oxygen atoms in total. The molecule has 0 N–H and O–H groups in total. The van der Waals surface area contributed by atoms with Crippen LogP contribution in [-0.4, -0.2) is 6.61 Å². The van der Waals surface area contributed by atoms with E-state index >= 15 is 0 Å². The van der Waals surface area contributed by atoms with E-state index in [0.717, 1.165) is 0 Å². The molecule has 0 unspecified atom stereocenters. The van der Waals surface area contributed by atoms with Crippen LogP contribution in [0.4, 0.5) is 8.78 Å². The fourth-order valence-electron chi connectivity index (χ4n) is 3.47. The summed E-state index contributed by atoms with van der Waals surface area (Å²) in [5.74, 6) is 0.0183. The van der Waals surface area contributed by atoms with Crippen LogP contribution in [0, 0.1) is 0 Å². The molecule has 29 heavy (non-hydrogen) atoms. The van der Waals surface area contributed by atoms with Gasteiger partial charge in [-0.2, -0.15) is 8.78 Å². The number of alkyl halides is 2. The molecule has 144 valence electrons. The minimum absolute atomic E-state index is 0.0993. The number of rotatable bonds is 3. The van der Waals surface area contributed by atoms with E-state index in [0.29, 0.717) is 32.9 Å². The molecule has 0 bridgehead atoms. The van der Waals surface area contributed by atoms with E-state index in [9.17, 15) is 13.6 Å². The molecular formula is C22H11ClF2O4. The number of fused-ring (bicyclic) bond motifs is 4. The lowest BCUT2D eigenvalue weighted by atomic mass is 10.0. The summed E-state index contributed by atoms with van der Waals surface area (Å²) in [6, 6.07) is 16.7. The van der Waals surface area contributed by atoms with Gasteiger partial charge in [0.1, 0.15) is 16.2 Å². The van der Waals surface area contributed by atoms with Crippen LogP contribution in [0.1, 0.15) is 0 Å². The first-order valence-electron chi connectivity index (χ1n) is 8.65. The van der Waals surface area contributed by atoms with Gasteiger partial charge in [-0.15, -0.1) is 0 Å². The van der Waals surface area contributed by atoms with Crippen molar-refractivity contribution >= 4 is 44.5 Å². The monoisotopic (exact) mass is 412 g/mol. The molecule has 0 radical (unpaired) electrons. The first kappa shape index (κ1) is 17.7. The van der Waals surface area contributed by atoms with Crippen molar-refractivity contribution in [2.24, 2.45) is 0 Å². The van der Waals surface area contributed by atoms with Crippen LogP contribution in [0.15, 0.2) is 74.3 Å². The Morgan fingerprint density at radius 3 is 2.24 bits per heavy atom. The minimum Gasteiger partial charge on any atom is -0.454 e. The number of hydrogen-bond donors (Lipinski definition) is 0. The van der Waals surface area contributed by atoms with Gasteiger partial charge in [0, 0.05) is 16.3 Å². The molecule has 5 rings (SSSR count). The standard InChI is InChI=1S/C22H11ClF2O4/c23-18-19(26)12-6-2-4-8-15(12)27-20(18)13-9-10-16(29-22(24)25)21-17(13)11-5-1-3-7-14(11)28-21/h1-10,22H. The molecule has 2 heterocycles. The van der Waals surface area contributed by atoms with E-state index in [1.54, 1.807) is 48.5 Å². The molecule has 0 aliphatic heterocycles. The summed E-state index contributed by atoms with van der Waals surface area (Å²) in [4.78, 5) is 12.7. The van der Waals surface area contributed by atoms with E-state index in [1.807, 2.05) is 0 Å². The van der Waals surface area contributed by atoms with Crippen molar-refractivity contribution in [2.45, 2.75) is 6.61 Å². The summed E-state index contributed by atoms with van der Waals surface area (Å²) < 4.78 is 42.1. The van der Waals surface area contributed by atoms with Crippen molar-refractivity contribution in [1.29, 1.82) is 0 Å². The lowest BCUT2D eigenvalue weighted by Crippen LogP contribution is -2.04. The maximum Gasteiger partial charge on any atom is 0.387 e. The van der Waals surface area contributed by atoms with E-state index < -0.39 is 6.61 Å². The highest BCUT2D eigenvalue weighted by atomic mass is 35.5. The van der Waals surface area contributed by atoms with Gasteiger partial charge >= 0.3 is 6.61 Å². The van der Waals surface area contributed by atoms with Gasteiger partial charge in [-0.25, -0.2) is 0 Å². The molecule has 0 aliphatic carbocycles. The smallest absolute Gasteiger partial charge is 0.387 e. The number of benzene rings is 3. The second-order valence-electron chi connectivity index (χ2n) is 6.36. The van der Waals surface area contributed by atoms with Crippen molar-refractivity contribution in [2.75, 3.05) is 0 Å². The van der Waals surface area contributed by atoms with Gasteiger partial charge in [-0.05, 0) is 30.3 Å². The quantitative estimate of drug-likeness (QED) is 0.334. The van der Waals surface area contributed by atoms with Crippen LogP contribution in [0.2, 0.25) is 5.02 Å². The van der Waals surface area contributed by atoms with Gasteiger partial charge in [0.15, 0.2) is 17.1 Å². The highest BCUT2D eigenvalue weighted by Crippen LogP contribution is 2.43. The van der Waals surface area contributed by atoms with Crippen molar-refractivity contribution in [1.82, 2.24) is 0 Å². The molecule has 0 saturated carbocycles. The Labute approximate surface area is 166 Å². The van der Waals surface area contributed by atoms with Crippen molar-refractivity contribution < 1.29 is 22.4 Å². The lowest BCUT2D eigenvalue weighted by Gasteiger charge is -2.10. The van der Waals surface area contributed by atoms with E-state index in [4.69, 9.17) is 20.4 Å². The highest BCUT2D eigenvalue weighted by Gasteiger charge is 2.23. The maximum atomic E-state index is 12.9. The van der Waals surface area contributed by atoms with Crippen LogP contribution >= 0.6 is 11.6 Å². The predicted octanol–water partition coefficient (Wildman–Crippen LogP) is 6.61. The van der Waals surface area contributed by atoms with Crippen LogP contribution in [0.3, 0.4) is 0 Å². The average molecular weight is 413 g/mol. The molecule has 0 fully saturated rings. The summed E-state index contributed by atoms with van der Waals surface area (Å²) in [5, 5.41) is 1.38. The Morgan fingerprint density at radius 2 is 1.52 bits per heavy atom. The number of furan rings is 1. The van der Waals surface area contributed by atoms with Gasteiger partial charge in [-0.1, -0.05) is 41.9 Å². The number of ether oxygens (including phenoxy) is 1. The molecule has 0 spiro atoms. The van der Waals surface area contributed by atoms with Crippen LogP contribution in [0.5, 0.6) is 5.75 Å². The summed E-state index contributed by atoms with van der Waals surface area (Å²) in [6.45, 7) is -3.01. The topological polar surface area (TPSA) is 52.6 Å². The third-order valence-corrected chi connectivity index (χ3v) is 5.04. The third kappa shape index (κ3) is 2.76. The van der Waals surface area contributed by atoms with Gasteiger partial charge in [0.05, 0.1) is 5.39 Å². The number of hydrogen-bond acceptors (Lipinski definition) is 4. The van der Waals surface area contributed by atoms with Crippen LogP contribution in [-0.2, 0) is 0 Å². The first-order chi connectivity index (χ1) is 14.0. The molecule has 0 atom stereocenters. The maximum absolute atomic E-state index is 12.9. The zero-order chi connectivity index (χ0) is 20.1. The summed E-state index contributed by atoms with van der Waals surface area (Å²) in [7, 11) is 0. The largest absolute Gasteiger partial charge is 0.454 e. The zero-order valence-corrected chi connectivity index (χ0v) is 15.4. The highest BCUT2D eigenvalue weighted by molar-refractivity contribution is 6.34. The van der Waals surface area contributed by atoms with E-state index in [1.165, 1.54) is 12.1 Å². The Hall–Kier alpha value is -3.38. The molecule has 0 aliphatic rings. The molecular weight excluding hydrogens is 402 g/mol. The molecule has 5 aromatic rings. The molecule has 2 aromatic heterocycles.